The third kappa shape index (κ3) is 5.13. The predicted octanol–water partition coefficient (Wildman–Crippen LogP) is 1.71. The van der Waals surface area contributed by atoms with E-state index in [1.165, 1.54) is 0 Å². The number of carbonyl (C=O) groups is 2. The van der Waals surface area contributed by atoms with Crippen molar-refractivity contribution in [2.24, 2.45) is 5.92 Å². The molecule has 0 aromatic heterocycles. The minimum atomic E-state index is -0.990. The lowest BCUT2D eigenvalue weighted by Gasteiger charge is -2.17. The summed E-state index contributed by atoms with van der Waals surface area (Å²) in [6, 6.07) is 3.85. The van der Waals surface area contributed by atoms with Gasteiger partial charge in [0.1, 0.15) is 17.7 Å². The molecule has 0 saturated carbocycles. The fourth-order valence-electron chi connectivity index (χ4n) is 1.85. The number of benzene rings is 1. The maximum absolute atomic E-state index is 13.5. The van der Waals surface area contributed by atoms with Crippen molar-refractivity contribution in [3.63, 3.8) is 0 Å². The quantitative estimate of drug-likeness (QED) is 0.811. The molecule has 1 N–H and O–H groups in total. The molecule has 0 bridgehead atoms. The number of methoxy groups -OCH3 is 1. The number of nitrogens with zero attached hydrogens (tertiary/aromatic N) is 1. The summed E-state index contributed by atoms with van der Waals surface area (Å²) in [4.78, 5) is 23.5. The van der Waals surface area contributed by atoms with Gasteiger partial charge in [-0.25, -0.2) is 13.6 Å². The van der Waals surface area contributed by atoms with Gasteiger partial charge in [0, 0.05) is 12.0 Å². The van der Waals surface area contributed by atoms with E-state index in [-0.39, 0.29) is 18.4 Å². The zero-order valence-electron chi connectivity index (χ0n) is 12.2. The van der Waals surface area contributed by atoms with Crippen LogP contribution in [0, 0.1) is 28.9 Å². The van der Waals surface area contributed by atoms with E-state index in [9.17, 15) is 18.4 Å². The van der Waals surface area contributed by atoms with E-state index in [1.54, 1.807) is 6.92 Å². The first-order valence-electron chi connectivity index (χ1n) is 6.58. The van der Waals surface area contributed by atoms with E-state index in [0.29, 0.717) is 6.07 Å². The van der Waals surface area contributed by atoms with E-state index in [4.69, 9.17) is 5.26 Å². The van der Waals surface area contributed by atoms with Crippen LogP contribution in [0.25, 0.3) is 0 Å². The Morgan fingerprint density at radius 2 is 2.09 bits per heavy atom. The van der Waals surface area contributed by atoms with Crippen molar-refractivity contribution in [1.29, 1.82) is 5.26 Å². The zero-order valence-corrected chi connectivity index (χ0v) is 12.2. The van der Waals surface area contributed by atoms with Gasteiger partial charge in [-0.2, -0.15) is 5.26 Å². The molecule has 0 aliphatic rings. The number of ether oxygens (including phenoxy) is 1. The molecule has 1 aromatic rings. The molecule has 118 valence electrons. The van der Waals surface area contributed by atoms with Gasteiger partial charge in [-0.1, -0.05) is 6.07 Å². The van der Waals surface area contributed by atoms with Crippen LogP contribution in [0.1, 0.15) is 18.9 Å². The summed E-state index contributed by atoms with van der Waals surface area (Å²) in [6.45, 7) is 1.60. The number of nitriles is 1. The van der Waals surface area contributed by atoms with Gasteiger partial charge in [0.2, 0.25) is 5.91 Å². The number of amides is 1. The number of rotatable bonds is 6. The Morgan fingerprint density at radius 1 is 1.41 bits per heavy atom. The molecule has 7 heteroatoms. The van der Waals surface area contributed by atoms with Crippen molar-refractivity contribution in [2.75, 3.05) is 7.11 Å². The first-order chi connectivity index (χ1) is 10.4. The van der Waals surface area contributed by atoms with Gasteiger partial charge in [0.05, 0.1) is 19.6 Å². The average molecular weight is 310 g/mol. The summed E-state index contributed by atoms with van der Waals surface area (Å²) in [7, 11) is 1.16. The van der Waals surface area contributed by atoms with Gasteiger partial charge in [0.15, 0.2) is 0 Å². The smallest absolute Gasteiger partial charge is 0.328 e. The van der Waals surface area contributed by atoms with Gasteiger partial charge in [-0.3, -0.25) is 4.79 Å². The van der Waals surface area contributed by atoms with Crippen molar-refractivity contribution in [3.8, 4) is 6.07 Å². The first kappa shape index (κ1) is 17.6. The van der Waals surface area contributed by atoms with Gasteiger partial charge in [0.25, 0.3) is 0 Å². The Kier molecular flexibility index (Phi) is 6.45. The molecule has 1 rings (SSSR count). The highest BCUT2D eigenvalue weighted by Gasteiger charge is 2.24. The fourth-order valence-corrected chi connectivity index (χ4v) is 1.85. The topological polar surface area (TPSA) is 79.2 Å². The van der Waals surface area contributed by atoms with Gasteiger partial charge in [-0.05, 0) is 25.0 Å². The highest BCUT2D eigenvalue weighted by molar-refractivity contribution is 5.85. The highest BCUT2D eigenvalue weighted by Crippen LogP contribution is 2.11. The molecule has 0 fully saturated rings. The number of hydrogen-bond donors (Lipinski definition) is 1. The minimum absolute atomic E-state index is 0.0100. The predicted molar refractivity (Wildman–Crippen MR) is 73.4 cm³/mol. The molecule has 0 saturated heterocycles. The van der Waals surface area contributed by atoms with Crippen LogP contribution in [-0.4, -0.2) is 25.0 Å². The van der Waals surface area contributed by atoms with Crippen LogP contribution in [0.15, 0.2) is 18.2 Å². The zero-order chi connectivity index (χ0) is 16.7. The SMILES string of the molecule is COC(=O)[C@@H](C[C@H](C)C#N)NC(=O)Cc1ccc(F)cc1F. The van der Waals surface area contributed by atoms with Crippen molar-refractivity contribution < 1.29 is 23.1 Å². The van der Waals surface area contributed by atoms with Crippen LogP contribution < -0.4 is 5.32 Å². The van der Waals surface area contributed by atoms with Crippen LogP contribution >= 0.6 is 0 Å². The molecule has 0 spiro atoms. The maximum Gasteiger partial charge on any atom is 0.328 e. The van der Waals surface area contributed by atoms with Crippen LogP contribution in [0.5, 0.6) is 0 Å². The third-order valence-electron chi connectivity index (χ3n) is 3.00. The van der Waals surface area contributed by atoms with E-state index in [2.05, 4.69) is 10.1 Å². The second kappa shape index (κ2) is 8.08. The van der Waals surface area contributed by atoms with E-state index < -0.39 is 35.5 Å². The van der Waals surface area contributed by atoms with Gasteiger partial charge >= 0.3 is 5.97 Å². The van der Waals surface area contributed by atoms with E-state index >= 15 is 0 Å². The van der Waals surface area contributed by atoms with E-state index in [1.807, 2.05) is 6.07 Å². The van der Waals surface area contributed by atoms with Crippen molar-refractivity contribution in [1.82, 2.24) is 5.32 Å². The lowest BCUT2D eigenvalue weighted by molar-refractivity contribution is -0.145. The molecule has 2 atom stereocenters. The Morgan fingerprint density at radius 3 is 2.64 bits per heavy atom. The number of hydrogen-bond acceptors (Lipinski definition) is 4. The minimum Gasteiger partial charge on any atom is -0.467 e. The fraction of sp³-hybridized carbons (Fsp3) is 0.400. The first-order valence-corrected chi connectivity index (χ1v) is 6.58. The largest absolute Gasteiger partial charge is 0.467 e. The molecule has 0 radical (unpaired) electrons. The Balaban J connectivity index is 2.74. The summed E-state index contributed by atoms with van der Waals surface area (Å²) in [5.74, 6) is -3.35. The Labute approximate surface area is 126 Å². The van der Waals surface area contributed by atoms with Gasteiger partial charge < -0.3 is 10.1 Å². The maximum atomic E-state index is 13.5. The van der Waals surface area contributed by atoms with Crippen LogP contribution in [-0.2, 0) is 20.7 Å². The highest BCUT2D eigenvalue weighted by atomic mass is 19.1. The van der Waals surface area contributed by atoms with Crippen LogP contribution in [0.3, 0.4) is 0 Å². The lowest BCUT2D eigenvalue weighted by atomic mass is 10.0. The Bertz CT molecular complexity index is 599. The third-order valence-corrected chi connectivity index (χ3v) is 3.00. The molecule has 1 aromatic carbocycles. The number of halogens is 2. The van der Waals surface area contributed by atoms with Crippen molar-refractivity contribution in [2.45, 2.75) is 25.8 Å². The summed E-state index contributed by atoms with van der Waals surface area (Å²) >= 11 is 0. The number of nitrogens with one attached hydrogen (secondary N) is 1. The molecule has 0 heterocycles. The summed E-state index contributed by atoms with van der Waals surface area (Å²) in [5, 5.41) is 11.2. The van der Waals surface area contributed by atoms with Crippen molar-refractivity contribution >= 4 is 11.9 Å². The van der Waals surface area contributed by atoms with Gasteiger partial charge in [-0.15, -0.1) is 0 Å². The normalized spacial score (nSPS) is 12.9. The molecule has 5 nitrogen and oxygen atoms in total. The van der Waals surface area contributed by atoms with E-state index in [0.717, 1.165) is 19.2 Å². The monoisotopic (exact) mass is 310 g/mol. The lowest BCUT2D eigenvalue weighted by Crippen LogP contribution is -2.43. The van der Waals surface area contributed by atoms with Crippen molar-refractivity contribution in [3.05, 3.63) is 35.4 Å². The number of carbonyl (C=O) groups excluding carboxylic acids is 2. The molecular formula is C15H16F2N2O3. The number of esters is 1. The molecular weight excluding hydrogens is 294 g/mol. The summed E-state index contributed by atoms with van der Waals surface area (Å²) in [5.41, 5.74) is 0.0100. The average Bonchev–Trinajstić information content (AvgIpc) is 2.48. The summed E-state index contributed by atoms with van der Waals surface area (Å²) in [6.07, 6.45) is -0.263. The van der Waals surface area contributed by atoms with Crippen LogP contribution in [0.2, 0.25) is 0 Å². The second-order valence-electron chi connectivity index (χ2n) is 4.82. The molecule has 0 unspecified atom stereocenters. The summed E-state index contributed by atoms with van der Waals surface area (Å²) < 4.78 is 30.8. The molecule has 0 aliphatic heterocycles. The molecule has 22 heavy (non-hydrogen) atoms. The Hall–Kier alpha value is -2.49. The molecule has 0 aliphatic carbocycles. The molecule has 1 amide bonds. The standard InChI is InChI=1S/C15H16F2N2O3/c1-9(8-18)5-13(15(21)22-2)19-14(20)6-10-3-4-11(16)7-12(10)17/h3-4,7,9,13H,5-6H2,1-2H3,(H,19,20)/t9-,13+/m0/s1. The van der Waals surface area contributed by atoms with Crippen LogP contribution in [0.4, 0.5) is 8.78 Å². The second-order valence-corrected chi connectivity index (χ2v) is 4.82.